The molecule has 1 aromatic heterocycles. The molecule has 0 spiro atoms. The lowest BCUT2D eigenvalue weighted by Crippen LogP contribution is -2.41. The van der Waals surface area contributed by atoms with Crippen LogP contribution in [0.25, 0.3) is 0 Å². The zero-order valence-corrected chi connectivity index (χ0v) is 10.3. The van der Waals surface area contributed by atoms with E-state index in [-0.39, 0.29) is 23.3 Å². The van der Waals surface area contributed by atoms with Crippen molar-refractivity contribution in [3.05, 3.63) is 12.0 Å². The lowest BCUT2D eigenvalue weighted by molar-refractivity contribution is 0.0996. The molecule has 3 unspecified atom stereocenters. The van der Waals surface area contributed by atoms with Crippen molar-refractivity contribution in [2.24, 2.45) is 0 Å². The Labute approximate surface area is 99.8 Å². The highest BCUT2D eigenvalue weighted by Crippen LogP contribution is 2.34. The summed E-state index contributed by atoms with van der Waals surface area (Å²) in [6.45, 7) is 1.72. The highest BCUT2D eigenvalue weighted by atomic mass is 32.2. The first-order chi connectivity index (χ1) is 8.04. The summed E-state index contributed by atoms with van der Waals surface area (Å²) in [7, 11) is -3.49. The third-order valence-corrected chi connectivity index (χ3v) is 4.78. The molecule has 1 aromatic rings. The zero-order valence-electron chi connectivity index (χ0n) is 9.51. The summed E-state index contributed by atoms with van der Waals surface area (Å²) < 4.78 is 32.4. The molecule has 2 saturated heterocycles. The standard InChI is InChI=1S/C10H15N3O3S/c1-6-11-5-10(12-6)17(14,15)13-8-4-7-2-3-9(8)16-7/h5,7-9,13H,2-4H2,1H3,(H,11,12). The van der Waals surface area contributed by atoms with Crippen LogP contribution in [0.4, 0.5) is 0 Å². The van der Waals surface area contributed by atoms with Gasteiger partial charge in [-0.2, -0.15) is 0 Å². The van der Waals surface area contributed by atoms with Crippen molar-refractivity contribution in [2.75, 3.05) is 0 Å². The van der Waals surface area contributed by atoms with Gasteiger partial charge >= 0.3 is 0 Å². The molecule has 2 bridgehead atoms. The fraction of sp³-hybridized carbons (Fsp3) is 0.700. The van der Waals surface area contributed by atoms with Crippen LogP contribution in [-0.4, -0.2) is 36.6 Å². The SMILES string of the molecule is Cc1ncc(S(=O)(=O)NC2CC3CCC2O3)[nH]1. The maximum absolute atomic E-state index is 12.0. The second kappa shape index (κ2) is 3.79. The minimum absolute atomic E-state index is 0.0405. The predicted octanol–water partition coefficient (Wildman–Crippen LogP) is 0.316. The van der Waals surface area contributed by atoms with E-state index in [4.69, 9.17) is 4.74 Å². The normalized spacial score (nSPS) is 32.2. The summed E-state index contributed by atoms with van der Waals surface area (Å²) in [6.07, 6.45) is 4.38. The van der Waals surface area contributed by atoms with E-state index in [1.165, 1.54) is 6.20 Å². The van der Waals surface area contributed by atoms with Crippen molar-refractivity contribution >= 4 is 10.0 Å². The van der Waals surface area contributed by atoms with Gasteiger partial charge in [-0.1, -0.05) is 0 Å². The molecule has 2 N–H and O–H groups in total. The number of sulfonamides is 1. The molecule has 6 nitrogen and oxygen atoms in total. The average Bonchev–Trinajstić information content (AvgIpc) is 2.92. The third kappa shape index (κ3) is 1.98. The van der Waals surface area contributed by atoms with Gasteiger partial charge in [-0.05, 0) is 26.2 Å². The van der Waals surface area contributed by atoms with Crippen molar-refractivity contribution in [3.63, 3.8) is 0 Å². The van der Waals surface area contributed by atoms with E-state index in [2.05, 4.69) is 14.7 Å². The molecule has 2 fully saturated rings. The summed E-state index contributed by atoms with van der Waals surface area (Å²) in [5, 5.41) is 0.123. The van der Waals surface area contributed by atoms with Gasteiger partial charge in [-0.15, -0.1) is 0 Å². The number of H-pyrrole nitrogens is 1. The van der Waals surface area contributed by atoms with Crippen LogP contribution in [0.2, 0.25) is 0 Å². The Morgan fingerprint density at radius 3 is 2.88 bits per heavy atom. The van der Waals surface area contributed by atoms with Gasteiger partial charge in [0.1, 0.15) is 5.82 Å². The molecular weight excluding hydrogens is 242 g/mol. The van der Waals surface area contributed by atoms with Crippen molar-refractivity contribution in [1.82, 2.24) is 14.7 Å². The quantitative estimate of drug-likeness (QED) is 0.816. The first-order valence-corrected chi connectivity index (χ1v) is 7.22. The van der Waals surface area contributed by atoms with Crippen molar-refractivity contribution in [2.45, 2.75) is 49.5 Å². The molecule has 0 aliphatic carbocycles. The van der Waals surface area contributed by atoms with Crippen molar-refractivity contribution < 1.29 is 13.2 Å². The number of nitrogens with zero attached hydrogens (tertiary/aromatic N) is 1. The number of aromatic amines is 1. The van der Waals surface area contributed by atoms with Crippen molar-refractivity contribution in [3.8, 4) is 0 Å². The van der Waals surface area contributed by atoms with Gasteiger partial charge in [0, 0.05) is 0 Å². The summed E-state index contributed by atoms with van der Waals surface area (Å²) >= 11 is 0. The van der Waals surface area contributed by atoms with E-state index < -0.39 is 10.0 Å². The Balaban J connectivity index is 1.76. The van der Waals surface area contributed by atoms with Crippen LogP contribution in [0.3, 0.4) is 0 Å². The lowest BCUT2D eigenvalue weighted by atomic mass is 9.96. The topological polar surface area (TPSA) is 84.1 Å². The Morgan fingerprint density at radius 2 is 2.35 bits per heavy atom. The van der Waals surface area contributed by atoms with Gasteiger partial charge in [-0.25, -0.2) is 18.1 Å². The van der Waals surface area contributed by atoms with E-state index in [1.807, 2.05) is 0 Å². The number of hydrogen-bond donors (Lipinski definition) is 2. The van der Waals surface area contributed by atoms with Gasteiger partial charge in [0.15, 0.2) is 5.03 Å². The largest absolute Gasteiger partial charge is 0.373 e. The van der Waals surface area contributed by atoms with Gasteiger partial charge in [0.05, 0.1) is 24.4 Å². The smallest absolute Gasteiger partial charge is 0.257 e. The Kier molecular flexibility index (Phi) is 2.49. The second-order valence-electron chi connectivity index (χ2n) is 4.67. The molecule has 3 rings (SSSR count). The van der Waals surface area contributed by atoms with Crippen LogP contribution >= 0.6 is 0 Å². The van der Waals surface area contributed by atoms with E-state index >= 15 is 0 Å². The van der Waals surface area contributed by atoms with E-state index in [0.717, 1.165) is 19.3 Å². The fourth-order valence-corrected chi connectivity index (χ4v) is 3.81. The van der Waals surface area contributed by atoms with Crippen LogP contribution < -0.4 is 4.72 Å². The minimum Gasteiger partial charge on any atom is -0.373 e. The molecule has 3 atom stereocenters. The van der Waals surface area contributed by atoms with Crippen LogP contribution in [0.1, 0.15) is 25.1 Å². The molecule has 0 aromatic carbocycles. The maximum atomic E-state index is 12.0. The third-order valence-electron chi connectivity index (χ3n) is 3.38. The molecule has 17 heavy (non-hydrogen) atoms. The maximum Gasteiger partial charge on any atom is 0.257 e. The number of rotatable bonds is 3. The van der Waals surface area contributed by atoms with E-state index in [0.29, 0.717) is 5.82 Å². The molecule has 0 saturated carbocycles. The molecule has 2 aliphatic heterocycles. The number of aromatic nitrogens is 2. The molecule has 2 aliphatic rings. The van der Waals surface area contributed by atoms with Crippen molar-refractivity contribution in [1.29, 1.82) is 0 Å². The number of hydrogen-bond acceptors (Lipinski definition) is 4. The number of aryl methyl sites for hydroxylation is 1. The number of nitrogens with one attached hydrogen (secondary N) is 2. The first-order valence-electron chi connectivity index (χ1n) is 5.74. The molecule has 0 amide bonds. The zero-order chi connectivity index (χ0) is 12.0. The molecule has 7 heteroatoms. The molecule has 0 radical (unpaired) electrons. The molecule has 94 valence electrons. The summed E-state index contributed by atoms with van der Waals surface area (Å²) in [5.74, 6) is 0.592. The number of fused-ring (bicyclic) bond motifs is 2. The monoisotopic (exact) mass is 257 g/mol. The van der Waals surface area contributed by atoms with Gasteiger partial charge < -0.3 is 9.72 Å². The Hall–Kier alpha value is -0.920. The summed E-state index contributed by atoms with van der Waals surface area (Å²) in [6, 6.07) is -0.0950. The predicted molar refractivity (Wildman–Crippen MR) is 59.9 cm³/mol. The van der Waals surface area contributed by atoms with Crippen LogP contribution in [0.5, 0.6) is 0 Å². The lowest BCUT2D eigenvalue weighted by Gasteiger charge is -2.19. The van der Waals surface area contributed by atoms with Crippen LogP contribution in [-0.2, 0) is 14.8 Å². The van der Waals surface area contributed by atoms with Gasteiger partial charge in [-0.3, -0.25) is 0 Å². The Bertz CT molecular complexity index is 525. The van der Waals surface area contributed by atoms with Crippen LogP contribution in [0.15, 0.2) is 11.2 Å². The first kappa shape index (κ1) is 11.2. The summed E-state index contributed by atoms with van der Waals surface area (Å²) in [5.41, 5.74) is 0. The fourth-order valence-electron chi connectivity index (χ4n) is 2.56. The number of imidazole rings is 1. The highest BCUT2D eigenvalue weighted by Gasteiger charge is 2.42. The van der Waals surface area contributed by atoms with E-state index in [9.17, 15) is 8.42 Å². The number of ether oxygens (including phenoxy) is 1. The Morgan fingerprint density at radius 1 is 1.53 bits per heavy atom. The highest BCUT2D eigenvalue weighted by molar-refractivity contribution is 7.89. The van der Waals surface area contributed by atoms with E-state index in [1.54, 1.807) is 6.92 Å². The summed E-state index contributed by atoms with van der Waals surface area (Å²) in [4.78, 5) is 6.63. The molecule has 3 heterocycles. The minimum atomic E-state index is -3.49. The average molecular weight is 257 g/mol. The van der Waals surface area contributed by atoms with Gasteiger partial charge in [0.2, 0.25) is 0 Å². The second-order valence-corrected chi connectivity index (χ2v) is 6.35. The van der Waals surface area contributed by atoms with Crippen LogP contribution in [0, 0.1) is 6.92 Å². The molecular formula is C10H15N3O3S. The van der Waals surface area contributed by atoms with Gasteiger partial charge in [0.25, 0.3) is 10.0 Å².